The van der Waals surface area contributed by atoms with Gasteiger partial charge in [-0.2, -0.15) is 0 Å². The summed E-state index contributed by atoms with van der Waals surface area (Å²) < 4.78 is 56.2. The van der Waals surface area contributed by atoms with Crippen molar-refractivity contribution in [2.24, 2.45) is 5.73 Å². The van der Waals surface area contributed by atoms with E-state index in [2.05, 4.69) is 15.0 Å². The molecular weight excluding hydrogens is 697 g/mol. The molecule has 14 nitrogen and oxygen atoms in total. The number of aromatic nitrogens is 1. The standard InChI is InChI=1S/C35H38N5O9PS/c1-35(2,3)21-17-26(39-51(6,45)46)33(48-5)28(18-21)40(34(36)41)27-12-13-29(25-10-8-7-9-24(25)27)49-23-15-16-37-32(20-23)38-22-11-14-31(50(42,43)44)30(19-22)47-4/h7-20,39H,1-6H3,(H2,36,41)(H,37,38)(H2,42,43,44). The Bertz CT molecular complexity index is 2290. The Kier molecular flexibility index (Phi) is 10.2. The van der Waals surface area contributed by atoms with Gasteiger partial charge in [0.15, 0.2) is 5.75 Å². The topological polar surface area (TPSA) is 203 Å². The smallest absolute Gasteiger partial charge is 0.359 e. The lowest BCUT2D eigenvalue weighted by Crippen LogP contribution is -2.32. The van der Waals surface area contributed by atoms with E-state index in [0.717, 1.165) is 11.8 Å². The third-order valence-electron chi connectivity index (χ3n) is 7.72. The second kappa shape index (κ2) is 14.1. The molecule has 0 atom stereocenters. The van der Waals surface area contributed by atoms with E-state index in [1.165, 1.54) is 43.5 Å². The van der Waals surface area contributed by atoms with Gasteiger partial charge in [-0.3, -0.25) is 14.2 Å². The zero-order chi connectivity index (χ0) is 37.3. The quantitative estimate of drug-likeness (QED) is 0.0930. The molecule has 51 heavy (non-hydrogen) atoms. The van der Waals surface area contributed by atoms with Crippen LogP contribution < -0.4 is 40.2 Å². The van der Waals surface area contributed by atoms with Gasteiger partial charge in [0.2, 0.25) is 10.0 Å². The lowest BCUT2D eigenvalue weighted by atomic mass is 9.86. The molecule has 5 aromatic rings. The number of hydrogen-bond donors (Lipinski definition) is 5. The molecular formula is C35H38N5O9PS. The first-order valence-corrected chi connectivity index (χ1v) is 18.9. The normalized spacial score (nSPS) is 11.9. The van der Waals surface area contributed by atoms with Crippen LogP contribution in [0.4, 0.5) is 33.4 Å². The van der Waals surface area contributed by atoms with Crippen LogP contribution >= 0.6 is 7.60 Å². The summed E-state index contributed by atoms with van der Waals surface area (Å²) in [4.78, 5) is 38.1. The van der Waals surface area contributed by atoms with E-state index in [0.29, 0.717) is 39.5 Å². The molecule has 0 fully saturated rings. The third-order valence-corrected chi connectivity index (χ3v) is 9.31. The highest BCUT2D eigenvalue weighted by Crippen LogP contribution is 2.46. The molecule has 0 aliphatic carbocycles. The molecule has 5 rings (SSSR count). The minimum absolute atomic E-state index is 0.0166. The number of hydrogen-bond acceptors (Lipinski definition) is 9. The molecule has 2 amide bonds. The van der Waals surface area contributed by atoms with Crippen LogP contribution in [0.5, 0.6) is 23.0 Å². The number of benzene rings is 4. The Balaban J connectivity index is 1.56. The number of pyridine rings is 1. The zero-order valence-corrected chi connectivity index (χ0v) is 30.4. The highest BCUT2D eigenvalue weighted by Gasteiger charge is 2.28. The van der Waals surface area contributed by atoms with Crippen molar-refractivity contribution < 1.29 is 41.8 Å². The highest BCUT2D eigenvalue weighted by atomic mass is 32.2. The lowest BCUT2D eigenvalue weighted by molar-refractivity contribution is 0.256. The van der Waals surface area contributed by atoms with Gasteiger partial charge in [0.25, 0.3) is 0 Å². The largest absolute Gasteiger partial charge is 0.496 e. The van der Waals surface area contributed by atoms with Gasteiger partial charge in [-0.25, -0.2) is 18.2 Å². The van der Waals surface area contributed by atoms with Crippen molar-refractivity contribution in [1.82, 2.24) is 4.98 Å². The number of amides is 2. The van der Waals surface area contributed by atoms with Crippen molar-refractivity contribution in [2.75, 3.05) is 35.4 Å². The number of methoxy groups -OCH3 is 2. The molecule has 6 N–H and O–H groups in total. The molecule has 0 aliphatic heterocycles. The highest BCUT2D eigenvalue weighted by molar-refractivity contribution is 7.92. The number of anilines is 5. The van der Waals surface area contributed by atoms with Crippen molar-refractivity contribution in [1.29, 1.82) is 0 Å². The molecule has 0 saturated carbocycles. The van der Waals surface area contributed by atoms with Crippen LogP contribution in [-0.2, 0) is 20.0 Å². The first-order chi connectivity index (χ1) is 23.9. The van der Waals surface area contributed by atoms with Crippen LogP contribution in [0.25, 0.3) is 10.8 Å². The molecule has 0 bridgehead atoms. The fraction of sp³-hybridized carbons (Fsp3) is 0.200. The molecule has 4 aromatic carbocycles. The van der Waals surface area contributed by atoms with E-state index < -0.39 is 29.1 Å². The zero-order valence-electron chi connectivity index (χ0n) is 28.7. The Morgan fingerprint density at radius 1 is 0.902 bits per heavy atom. The molecule has 0 spiro atoms. The van der Waals surface area contributed by atoms with Crippen molar-refractivity contribution in [3.05, 3.63) is 90.6 Å². The van der Waals surface area contributed by atoms with Crippen molar-refractivity contribution in [2.45, 2.75) is 26.2 Å². The average Bonchev–Trinajstić information content (AvgIpc) is 3.04. The van der Waals surface area contributed by atoms with Gasteiger partial charge in [0.05, 0.1) is 37.5 Å². The van der Waals surface area contributed by atoms with Gasteiger partial charge in [-0.15, -0.1) is 0 Å². The molecule has 0 aliphatic rings. The number of nitrogens with two attached hydrogens (primary N) is 1. The van der Waals surface area contributed by atoms with Crippen LogP contribution in [0.2, 0.25) is 0 Å². The predicted molar refractivity (Wildman–Crippen MR) is 198 cm³/mol. The molecule has 0 unspecified atom stereocenters. The van der Waals surface area contributed by atoms with Gasteiger partial charge in [0, 0.05) is 34.8 Å². The van der Waals surface area contributed by atoms with Crippen molar-refractivity contribution in [3.8, 4) is 23.0 Å². The number of primary amides is 1. The van der Waals surface area contributed by atoms with Gasteiger partial charge in [-0.05, 0) is 53.4 Å². The van der Waals surface area contributed by atoms with Crippen LogP contribution in [-0.4, -0.2) is 49.7 Å². The first-order valence-electron chi connectivity index (χ1n) is 15.4. The van der Waals surface area contributed by atoms with Crippen molar-refractivity contribution >= 4 is 68.3 Å². The summed E-state index contributed by atoms with van der Waals surface area (Å²) in [7, 11) is -5.58. The summed E-state index contributed by atoms with van der Waals surface area (Å²) >= 11 is 0. The second-order valence-electron chi connectivity index (χ2n) is 12.5. The van der Waals surface area contributed by atoms with E-state index in [9.17, 15) is 27.6 Å². The maximum Gasteiger partial charge on any atom is 0.359 e. The molecule has 16 heteroatoms. The summed E-state index contributed by atoms with van der Waals surface area (Å²) in [5, 5.41) is 4.07. The van der Waals surface area contributed by atoms with Crippen LogP contribution in [0.1, 0.15) is 26.3 Å². The fourth-order valence-corrected chi connectivity index (χ4v) is 6.69. The summed E-state index contributed by atoms with van der Waals surface area (Å²) in [6, 6.07) is 20.7. The van der Waals surface area contributed by atoms with E-state index in [1.807, 2.05) is 32.9 Å². The van der Waals surface area contributed by atoms with E-state index in [-0.39, 0.29) is 28.2 Å². The van der Waals surface area contributed by atoms with Crippen molar-refractivity contribution in [3.63, 3.8) is 0 Å². The number of urea groups is 1. The lowest BCUT2D eigenvalue weighted by Gasteiger charge is -2.29. The minimum Gasteiger partial charge on any atom is -0.496 e. The van der Waals surface area contributed by atoms with E-state index >= 15 is 0 Å². The van der Waals surface area contributed by atoms with E-state index in [1.54, 1.807) is 48.5 Å². The number of rotatable bonds is 11. The number of carbonyl (C=O) groups is 1. The van der Waals surface area contributed by atoms with E-state index in [4.69, 9.17) is 19.9 Å². The number of fused-ring (bicyclic) bond motifs is 1. The predicted octanol–water partition coefficient (Wildman–Crippen LogP) is 6.48. The monoisotopic (exact) mass is 735 g/mol. The Labute approximate surface area is 295 Å². The number of ether oxygens (including phenoxy) is 3. The van der Waals surface area contributed by atoms with Gasteiger partial charge >= 0.3 is 13.6 Å². The molecule has 0 radical (unpaired) electrons. The Hall–Kier alpha value is -5.34. The van der Waals surface area contributed by atoms with Crippen LogP contribution in [0.3, 0.4) is 0 Å². The maximum absolute atomic E-state index is 13.3. The van der Waals surface area contributed by atoms with Gasteiger partial charge < -0.3 is 35.0 Å². The number of nitrogens with zero attached hydrogens (tertiary/aromatic N) is 2. The minimum atomic E-state index is -4.55. The Morgan fingerprint density at radius 2 is 1.61 bits per heavy atom. The van der Waals surface area contributed by atoms with Gasteiger partial charge in [-0.1, -0.05) is 45.0 Å². The Morgan fingerprint density at radius 3 is 2.22 bits per heavy atom. The SMILES string of the molecule is COc1cc(Nc2cc(Oc3ccc(N(C(N)=O)c4cc(C(C)(C)C)cc(NS(C)(=O)=O)c4OC)c4ccccc34)ccn2)ccc1P(=O)(O)O. The number of nitrogens with one attached hydrogen (secondary N) is 2. The summed E-state index contributed by atoms with van der Waals surface area (Å²) in [5.74, 6) is 1.35. The molecule has 1 heterocycles. The third kappa shape index (κ3) is 8.35. The average molecular weight is 736 g/mol. The molecule has 0 saturated heterocycles. The number of carbonyl (C=O) groups excluding carboxylic acids is 1. The molecule has 1 aromatic heterocycles. The van der Waals surface area contributed by atoms with Crippen LogP contribution in [0, 0.1) is 0 Å². The maximum atomic E-state index is 13.3. The second-order valence-corrected chi connectivity index (χ2v) is 15.9. The van der Waals surface area contributed by atoms with Gasteiger partial charge in [0.1, 0.15) is 28.4 Å². The number of sulfonamides is 1. The summed E-state index contributed by atoms with van der Waals surface area (Å²) in [6.07, 6.45) is 2.56. The summed E-state index contributed by atoms with van der Waals surface area (Å²) in [5.41, 5.74) is 7.56. The first kappa shape index (κ1) is 36.9. The fourth-order valence-electron chi connectivity index (χ4n) is 5.42. The van der Waals surface area contributed by atoms with Crippen LogP contribution in [0.15, 0.2) is 85.1 Å². The summed E-state index contributed by atoms with van der Waals surface area (Å²) in [6.45, 7) is 5.87. The molecule has 268 valence electrons.